The van der Waals surface area contributed by atoms with Crippen LogP contribution in [-0.2, 0) is 11.3 Å². The van der Waals surface area contributed by atoms with Crippen LogP contribution >= 0.6 is 22.9 Å². The van der Waals surface area contributed by atoms with Crippen molar-refractivity contribution in [3.63, 3.8) is 0 Å². The molecule has 8 heteroatoms. The summed E-state index contributed by atoms with van der Waals surface area (Å²) >= 11 is 7.39. The van der Waals surface area contributed by atoms with E-state index in [0.717, 1.165) is 16.7 Å². The van der Waals surface area contributed by atoms with Crippen molar-refractivity contribution in [1.29, 1.82) is 0 Å². The molecule has 0 spiro atoms. The maximum absolute atomic E-state index is 13.1. The van der Waals surface area contributed by atoms with Crippen LogP contribution in [0.5, 0.6) is 0 Å². The van der Waals surface area contributed by atoms with Gasteiger partial charge in [0.15, 0.2) is 5.15 Å². The number of hydrogen-bond acceptors (Lipinski definition) is 5. The van der Waals surface area contributed by atoms with Crippen molar-refractivity contribution in [3.8, 4) is 11.1 Å². The fourth-order valence-electron chi connectivity index (χ4n) is 3.03. The molecular weight excluding hydrogens is 408 g/mol. The van der Waals surface area contributed by atoms with Crippen LogP contribution in [0.2, 0.25) is 5.15 Å². The van der Waals surface area contributed by atoms with Gasteiger partial charge in [0.05, 0.1) is 17.4 Å². The van der Waals surface area contributed by atoms with E-state index in [-0.39, 0.29) is 23.2 Å². The number of benzene rings is 1. The molecule has 1 N–H and O–H groups in total. The third kappa shape index (κ3) is 3.79. The molecular formula is C21H17ClN4O2S. The first-order valence-corrected chi connectivity index (χ1v) is 10.1. The predicted molar refractivity (Wildman–Crippen MR) is 117 cm³/mol. The van der Waals surface area contributed by atoms with Gasteiger partial charge in [-0.15, -0.1) is 11.3 Å². The van der Waals surface area contributed by atoms with E-state index >= 15 is 0 Å². The monoisotopic (exact) mass is 424 g/mol. The smallest absolute Gasteiger partial charge is 0.263 e. The van der Waals surface area contributed by atoms with E-state index in [1.807, 2.05) is 31.4 Å². The zero-order chi connectivity index (χ0) is 20.5. The fourth-order valence-corrected chi connectivity index (χ4v) is 4.10. The number of anilines is 1. The van der Waals surface area contributed by atoms with E-state index in [2.05, 4.69) is 21.4 Å². The lowest BCUT2D eigenvalue weighted by Gasteiger charge is -2.09. The van der Waals surface area contributed by atoms with Crippen LogP contribution in [0, 0.1) is 13.8 Å². The number of halogens is 1. The Balaban J connectivity index is 1.69. The number of aryl methyl sites for hydroxylation is 2. The molecule has 0 fully saturated rings. The molecule has 0 saturated carbocycles. The number of carbonyl (C=O) groups is 1. The molecule has 6 nitrogen and oxygen atoms in total. The number of nitrogens with zero attached hydrogens (tertiary/aromatic N) is 3. The topological polar surface area (TPSA) is 76.9 Å². The average Bonchev–Trinajstić information content (AvgIpc) is 3.13. The standard InChI is InChI=1S/C21H17ClN4O2S/c1-12-5-6-14(8-13(12)2)15-10-29-20-18(15)21(28)26(11-24-20)9-17(27)25-16-4-3-7-23-19(16)22/h3-8,10-11H,9H2,1-2H3,(H,25,27). The minimum Gasteiger partial charge on any atom is -0.322 e. The molecule has 0 radical (unpaired) electrons. The highest BCUT2D eigenvalue weighted by Crippen LogP contribution is 2.31. The fraction of sp³-hybridized carbons (Fsp3) is 0.143. The molecule has 0 aliphatic heterocycles. The second-order valence-electron chi connectivity index (χ2n) is 6.70. The number of rotatable bonds is 4. The molecule has 146 valence electrons. The number of pyridine rings is 1. The Hall–Kier alpha value is -3.03. The summed E-state index contributed by atoms with van der Waals surface area (Å²) in [4.78, 5) is 34.5. The zero-order valence-electron chi connectivity index (χ0n) is 15.8. The first-order chi connectivity index (χ1) is 13.9. The number of hydrogen-bond donors (Lipinski definition) is 1. The van der Waals surface area contributed by atoms with Gasteiger partial charge in [0.1, 0.15) is 11.4 Å². The van der Waals surface area contributed by atoms with E-state index in [4.69, 9.17) is 11.6 Å². The van der Waals surface area contributed by atoms with Crippen LogP contribution in [0.4, 0.5) is 5.69 Å². The number of amides is 1. The van der Waals surface area contributed by atoms with Gasteiger partial charge in [-0.1, -0.05) is 29.8 Å². The highest BCUT2D eigenvalue weighted by molar-refractivity contribution is 7.17. The van der Waals surface area contributed by atoms with Crippen LogP contribution in [-0.4, -0.2) is 20.4 Å². The molecule has 0 atom stereocenters. The van der Waals surface area contributed by atoms with Gasteiger partial charge in [0, 0.05) is 17.1 Å². The molecule has 4 aromatic rings. The van der Waals surface area contributed by atoms with E-state index in [1.54, 1.807) is 12.1 Å². The van der Waals surface area contributed by atoms with Gasteiger partial charge in [0.25, 0.3) is 5.56 Å². The van der Waals surface area contributed by atoms with Crippen molar-refractivity contribution in [2.45, 2.75) is 20.4 Å². The first-order valence-electron chi connectivity index (χ1n) is 8.88. The summed E-state index contributed by atoms with van der Waals surface area (Å²) in [5.74, 6) is -0.383. The van der Waals surface area contributed by atoms with Gasteiger partial charge in [-0.05, 0) is 42.7 Å². The summed E-state index contributed by atoms with van der Waals surface area (Å²) in [6.07, 6.45) is 2.93. The number of thiophene rings is 1. The van der Waals surface area contributed by atoms with Crippen molar-refractivity contribution in [2.24, 2.45) is 0 Å². The van der Waals surface area contributed by atoms with Crippen LogP contribution in [0.3, 0.4) is 0 Å². The lowest BCUT2D eigenvalue weighted by atomic mass is 10.0. The van der Waals surface area contributed by atoms with Crippen LogP contribution in [0.1, 0.15) is 11.1 Å². The van der Waals surface area contributed by atoms with E-state index in [0.29, 0.717) is 15.9 Å². The maximum Gasteiger partial charge on any atom is 0.263 e. The molecule has 0 aliphatic rings. The SMILES string of the molecule is Cc1ccc(-c2csc3ncn(CC(=O)Nc4cccnc4Cl)c(=O)c23)cc1C. The Bertz CT molecular complexity index is 1300. The molecule has 4 rings (SSSR count). The van der Waals surface area contributed by atoms with Crippen molar-refractivity contribution >= 4 is 44.7 Å². The summed E-state index contributed by atoms with van der Waals surface area (Å²) in [6.45, 7) is 3.92. The summed E-state index contributed by atoms with van der Waals surface area (Å²) in [5, 5.41) is 5.32. The Morgan fingerprint density at radius 2 is 2.03 bits per heavy atom. The highest BCUT2D eigenvalue weighted by atomic mass is 35.5. The number of fused-ring (bicyclic) bond motifs is 1. The van der Waals surface area contributed by atoms with Crippen molar-refractivity contribution in [3.05, 3.63) is 74.9 Å². The summed E-state index contributed by atoms with van der Waals surface area (Å²) in [7, 11) is 0. The van der Waals surface area contributed by atoms with Gasteiger partial charge < -0.3 is 5.32 Å². The Morgan fingerprint density at radius 3 is 2.79 bits per heavy atom. The number of nitrogens with one attached hydrogen (secondary N) is 1. The number of carbonyl (C=O) groups excluding carboxylic acids is 1. The molecule has 1 aromatic carbocycles. The first kappa shape index (κ1) is 19.3. The zero-order valence-corrected chi connectivity index (χ0v) is 17.3. The Labute approximate surface area is 175 Å². The van der Waals surface area contributed by atoms with Crippen LogP contribution in [0.15, 0.2) is 53.0 Å². The molecule has 0 aliphatic carbocycles. The largest absolute Gasteiger partial charge is 0.322 e. The summed E-state index contributed by atoms with van der Waals surface area (Å²) in [5.41, 5.74) is 4.27. The molecule has 3 aromatic heterocycles. The summed E-state index contributed by atoms with van der Waals surface area (Å²) < 4.78 is 1.30. The normalized spacial score (nSPS) is 11.0. The van der Waals surface area contributed by atoms with Gasteiger partial charge in [-0.3, -0.25) is 14.2 Å². The minimum atomic E-state index is -0.383. The van der Waals surface area contributed by atoms with Gasteiger partial charge in [-0.2, -0.15) is 0 Å². The second-order valence-corrected chi connectivity index (χ2v) is 7.91. The van der Waals surface area contributed by atoms with E-state index in [9.17, 15) is 9.59 Å². The Kier molecular flexibility index (Phi) is 5.17. The lowest BCUT2D eigenvalue weighted by Crippen LogP contribution is -2.27. The molecule has 0 unspecified atom stereocenters. The lowest BCUT2D eigenvalue weighted by molar-refractivity contribution is -0.116. The average molecular weight is 425 g/mol. The van der Waals surface area contributed by atoms with E-state index < -0.39 is 0 Å². The molecule has 3 heterocycles. The summed E-state index contributed by atoms with van der Waals surface area (Å²) in [6, 6.07) is 9.41. The Morgan fingerprint density at radius 1 is 1.21 bits per heavy atom. The predicted octanol–water partition coefficient (Wildman–Crippen LogP) is 4.43. The third-order valence-corrected chi connectivity index (χ3v) is 5.91. The van der Waals surface area contributed by atoms with Crippen molar-refractivity contribution < 1.29 is 4.79 Å². The van der Waals surface area contributed by atoms with Crippen LogP contribution in [0.25, 0.3) is 21.3 Å². The number of aromatic nitrogens is 3. The quantitative estimate of drug-likeness (QED) is 0.491. The molecule has 1 amide bonds. The minimum absolute atomic E-state index is 0.171. The van der Waals surface area contributed by atoms with Gasteiger partial charge in [0.2, 0.25) is 5.91 Å². The van der Waals surface area contributed by atoms with E-state index in [1.165, 1.54) is 34.0 Å². The molecule has 0 bridgehead atoms. The maximum atomic E-state index is 13.1. The van der Waals surface area contributed by atoms with Gasteiger partial charge in [-0.25, -0.2) is 9.97 Å². The molecule has 29 heavy (non-hydrogen) atoms. The highest BCUT2D eigenvalue weighted by Gasteiger charge is 2.15. The molecule has 0 saturated heterocycles. The third-order valence-electron chi connectivity index (χ3n) is 4.73. The van der Waals surface area contributed by atoms with Crippen molar-refractivity contribution in [2.75, 3.05) is 5.32 Å². The second kappa shape index (κ2) is 7.77. The van der Waals surface area contributed by atoms with Gasteiger partial charge >= 0.3 is 0 Å². The van der Waals surface area contributed by atoms with Crippen molar-refractivity contribution in [1.82, 2.24) is 14.5 Å². The van der Waals surface area contributed by atoms with Crippen LogP contribution < -0.4 is 10.9 Å².